The number of anilines is 1. The number of halogens is 2. The van der Waals surface area contributed by atoms with Crippen molar-refractivity contribution in [2.45, 2.75) is 0 Å². The van der Waals surface area contributed by atoms with E-state index < -0.39 is 5.82 Å². The van der Waals surface area contributed by atoms with Gasteiger partial charge in [0, 0.05) is 11.8 Å². The third-order valence-corrected chi connectivity index (χ3v) is 3.79. The molecular formula is C12H8ClFN4S. The Kier molecular flexibility index (Phi) is 2.96. The predicted molar refractivity (Wildman–Crippen MR) is 74.5 cm³/mol. The molecule has 3 rings (SSSR count). The summed E-state index contributed by atoms with van der Waals surface area (Å²) in [4.78, 5) is 4.81. The third-order valence-electron chi connectivity index (χ3n) is 2.69. The van der Waals surface area contributed by atoms with Crippen molar-refractivity contribution in [3.8, 4) is 21.7 Å². The quantitative estimate of drug-likeness (QED) is 0.759. The van der Waals surface area contributed by atoms with E-state index in [1.807, 2.05) is 0 Å². The van der Waals surface area contributed by atoms with E-state index in [0.717, 1.165) is 4.88 Å². The fraction of sp³-hybridized carbons (Fsp3) is 0. The smallest absolute Gasteiger partial charge is 0.153 e. The zero-order valence-corrected chi connectivity index (χ0v) is 11.1. The van der Waals surface area contributed by atoms with Crippen LogP contribution in [0.5, 0.6) is 0 Å². The van der Waals surface area contributed by atoms with Gasteiger partial charge in [0.1, 0.15) is 5.82 Å². The maximum absolute atomic E-state index is 14.0. The van der Waals surface area contributed by atoms with Crippen molar-refractivity contribution in [3.63, 3.8) is 0 Å². The number of nitrogens with zero attached hydrogens (tertiary/aromatic N) is 2. The van der Waals surface area contributed by atoms with Crippen molar-refractivity contribution in [2.24, 2.45) is 0 Å². The molecule has 3 N–H and O–H groups in total. The molecule has 0 spiro atoms. The van der Waals surface area contributed by atoms with E-state index >= 15 is 0 Å². The third kappa shape index (κ3) is 1.98. The lowest BCUT2D eigenvalue weighted by molar-refractivity contribution is 0.631. The first-order valence-corrected chi connectivity index (χ1v) is 6.61. The fourth-order valence-corrected chi connectivity index (χ4v) is 2.74. The lowest BCUT2D eigenvalue weighted by atomic mass is 10.0. The molecule has 0 aliphatic carbocycles. The largest absolute Gasteiger partial charge is 0.382 e. The second-order valence-electron chi connectivity index (χ2n) is 3.82. The van der Waals surface area contributed by atoms with Crippen molar-refractivity contribution < 1.29 is 4.39 Å². The molecule has 0 saturated carbocycles. The molecule has 0 fully saturated rings. The van der Waals surface area contributed by atoms with E-state index in [1.54, 1.807) is 23.8 Å². The molecule has 0 atom stereocenters. The Morgan fingerprint density at radius 1 is 1.32 bits per heavy atom. The number of benzene rings is 1. The Labute approximate surface area is 117 Å². The molecule has 0 aliphatic rings. The van der Waals surface area contributed by atoms with Crippen molar-refractivity contribution in [1.29, 1.82) is 0 Å². The van der Waals surface area contributed by atoms with E-state index in [1.165, 1.54) is 17.4 Å². The zero-order valence-electron chi connectivity index (χ0n) is 9.52. The van der Waals surface area contributed by atoms with Gasteiger partial charge in [0.2, 0.25) is 0 Å². The van der Waals surface area contributed by atoms with Gasteiger partial charge in [-0.2, -0.15) is 5.10 Å². The highest BCUT2D eigenvalue weighted by Crippen LogP contribution is 2.40. The van der Waals surface area contributed by atoms with Crippen LogP contribution >= 0.6 is 22.9 Å². The van der Waals surface area contributed by atoms with Gasteiger partial charge in [-0.1, -0.05) is 17.7 Å². The number of nitrogen functional groups attached to an aromatic ring is 1. The molecule has 2 aromatic heterocycles. The minimum Gasteiger partial charge on any atom is -0.382 e. The molecule has 2 heterocycles. The Morgan fingerprint density at radius 2 is 2.16 bits per heavy atom. The second kappa shape index (κ2) is 4.64. The fourth-order valence-electron chi connectivity index (χ4n) is 1.86. The predicted octanol–water partition coefficient (Wildman–Crippen LogP) is 3.57. The van der Waals surface area contributed by atoms with Crippen LogP contribution in [0.15, 0.2) is 29.9 Å². The molecule has 0 bridgehead atoms. The minimum atomic E-state index is -0.439. The van der Waals surface area contributed by atoms with E-state index in [0.29, 0.717) is 16.3 Å². The lowest BCUT2D eigenvalue weighted by Gasteiger charge is -2.06. The Bertz CT molecular complexity index is 703. The second-order valence-corrected chi connectivity index (χ2v) is 5.11. The minimum absolute atomic E-state index is 0.204. The maximum Gasteiger partial charge on any atom is 0.153 e. The van der Waals surface area contributed by atoms with Crippen LogP contribution in [0.4, 0.5) is 10.2 Å². The molecule has 1 aromatic carbocycles. The van der Waals surface area contributed by atoms with Crippen LogP contribution in [-0.4, -0.2) is 15.2 Å². The molecule has 7 heteroatoms. The number of aromatic amines is 1. The SMILES string of the molecule is Nc1n[nH]c(-c2cncs2)c1-c1c(F)cccc1Cl. The summed E-state index contributed by atoms with van der Waals surface area (Å²) in [6, 6.07) is 4.50. The number of H-pyrrole nitrogens is 1. The standard InChI is InChI=1S/C12H8ClFN4S/c13-6-2-1-3-7(14)9(6)10-11(17-18-12(10)15)8-4-16-5-19-8/h1-5H,(H3,15,17,18). The summed E-state index contributed by atoms with van der Waals surface area (Å²) < 4.78 is 14.0. The molecule has 0 amide bonds. The van der Waals surface area contributed by atoms with Gasteiger partial charge < -0.3 is 5.73 Å². The number of nitrogens with two attached hydrogens (primary N) is 1. The molecule has 19 heavy (non-hydrogen) atoms. The van der Waals surface area contributed by atoms with Crippen LogP contribution in [0.2, 0.25) is 5.02 Å². The summed E-state index contributed by atoms with van der Waals surface area (Å²) in [7, 11) is 0. The monoisotopic (exact) mass is 294 g/mol. The van der Waals surface area contributed by atoms with Gasteiger partial charge in [0.25, 0.3) is 0 Å². The Hall–Kier alpha value is -1.92. The number of hydrogen-bond acceptors (Lipinski definition) is 4. The zero-order chi connectivity index (χ0) is 13.4. The van der Waals surface area contributed by atoms with Crippen LogP contribution in [0.25, 0.3) is 21.7 Å². The van der Waals surface area contributed by atoms with Crippen molar-refractivity contribution in [3.05, 3.63) is 40.7 Å². The molecular weight excluding hydrogens is 287 g/mol. The van der Waals surface area contributed by atoms with Crippen LogP contribution in [0, 0.1) is 5.82 Å². The number of hydrogen-bond donors (Lipinski definition) is 2. The number of nitrogens with one attached hydrogen (secondary N) is 1. The van der Waals surface area contributed by atoms with Gasteiger partial charge in [-0.15, -0.1) is 11.3 Å². The van der Waals surface area contributed by atoms with Gasteiger partial charge in [0.05, 0.1) is 26.7 Å². The first kappa shape index (κ1) is 12.1. The topological polar surface area (TPSA) is 67.6 Å². The van der Waals surface area contributed by atoms with Crippen LogP contribution in [-0.2, 0) is 0 Å². The summed E-state index contributed by atoms with van der Waals surface area (Å²) in [5, 5.41) is 7.03. The highest BCUT2D eigenvalue weighted by molar-refractivity contribution is 7.13. The number of thiazole rings is 1. The van der Waals surface area contributed by atoms with Crippen molar-refractivity contribution >= 4 is 28.8 Å². The van der Waals surface area contributed by atoms with E-state index in [9.17, 15) is 4.39 Å². The molecule has 4 nitrogen and oxygen atoms in total. The highest BCUT2D eigenvalue weighted by atomic mass is 35.5. The lowest BCUT2D eigenvalue weighted by Crippen LogP contribution is -1.92. The van der Waals surface area contributed by atoms with E-state index in [-0.39, 0.29) is 11.4 Å². The van der Waals surface area contributed by atoms with Crippen molar-refractivity contribution in [1.82, 2.24) is 15.2 Å². The normalized spacial score (nSPS) is 10.8. The number of aromatic nitrogens is 3. The first-order chi connectivity index (χ1) is 9.18. The Morgan fingerprint density at radius 3 is 2.84 bits per heavy atom. The van der Waals surface area contributed by atoms with E-state index in [2.05, 4.69) is 15.2 Å². The van der Waals surface area contributed by atoms with Gasteiger partial charge in [0.15, 0.2) is 5.82 Å². The summed E-state index contributed by atoms with van der Waals surface area (Å²) in [6.07, 6.45) is 1.66. The van der Waals surface area contributed by atoms with Gasteiger partial charge in [-0.05, 0) is 12.1 Å². The average molecular weight is 295 g/mol. The molecule has 3 aromatic rings. The van der Waals surface area contributed by atoms with Crippen LogP contribution in [0.3, 0.4) is 0 Å². The van der Waals surface area contributed by atoms with Crippen LogP contribution < -0.4 is 5.73 Å². The van der Waals surface area contributed by atoms with Gasteiger partial charge >= 0.3 is 0 Å². The molecule has 0 aliphatic heterocycles. The summed E-state index contributed by atoms with van der Waals surface area (Å²) in [5.74, 6) is -0.234. The van der Waals surface area contributed by atoms with Gasteiger partial charge in [-0.25, -0.2) is 4.39 Å². The first-order valence-electron chi connectivity index (χ1n) is 5.35. The summed E-state index contributed by atoms with van der Waals surface area (Å²) in [5.41, 5.74) is 8.85. The van der Waals surface area contributed by atoms with E-state index in [4.69, 9.17) is 17.3 Å². The van der Waals surface area contributed by atoms with Crippen molar-refractivity contribution in [2.75, 3.05) is 5.73 Å². The maximum atomic E-state index is 14.0. The highest BCUT2D eigenvalue weighted by Gasteiger charge is 2.21. The van der Waals surface area contributed by atoms with Crippen LogP contribution in [0.1, 0.15) is 0 Å². The molecule has 0 unspecified atom stereocenters. The van der Waals surface area contributed by atoms with Gasteiger partial charge in [-0.3, -0.25) is 10.1 Å². The summed E-state index contributed by atoms with van der Waals surface area (Å²) >= 11 is 7.48. The molecule has 96 valence electrons. The summed E-state index contributed by atoms with van der Waals surface area (Å²) in [6.45, 7) is 0. The Balaban J connectivity index is 2.29. The molecule has 0 radical (unpaired) electrons. The molecule has 0 saturated heterocycles. The number of rotatable bonds is 2. The average Bonchev–Trinajstić information content (AvgIpc) is 2.99.